The van der Waals surface area contributed by atoms with Crippen molar-refractivity contribution < 1.29 is 29.7 Å². The molecule has 13 rings (SSSR count). The number of aryl methyl sites for hydroxylation is 2. The number of ketones is 3. The normalized spacial score (nSPS) is 24.8. The summed E-state index contributed by atoms with van der Waals surface area (Å²) in [7, 11) is 0. The van der Waals surface area contributed by atoms with Crippen LogP contribution in [0.25, 0.3) is 60.5 Å². The average Bonchev–Trinajstić information content (AvgIpc) is 1.06. The molecule has 0 aromatic heterocycles. The highest BCUT2D eigenvalue weighted by atomic mass is 16.3. The molecule has 4 aromatic rings. The minimum absolute atomic E-state index is 0.0277. The van der Waals surface area contributed by atoms with Crippen molar-refractivity contribution in [2.75, 3.05) is 10.6 Å². The number of aliphatic hydroxyl groups is 3. The summed E-state index contributed by atoms with van der Waals surface area (Å²) in [6, 6.07) is 23.7. The molecule has 2 heterocycles. The number of anilines is 2. The Morgan fingerprint density at radius 3 is 1.54 bits per heavy atom. The Balaban J connectivity index is 0.965. The summed E-state index contributed by atoms with van der Waals surface area (Å²) in [4.78, 5) is 55.6. The van der Waals surface area contributed by atoms with Gasteiger partial charge in [0.25, 0.3) is 0 Å². The minimum atomic E-state index is -0.842. The third-order valence-corrected chi connectivity index (χ3v) is 20.5. The van der Waals surface area contributed by atoms with E-state index in [1.807, 2.05) is 82.3 Å². The summed E-state index contributed by atoms with van der Waals surface area (Å²) < 4.78 is 0. The summed E-state index contributed by atoms with van der Waals surface area (Å²) >= 11 is 0. The second-order valence-electron chi connectivity index (χ2n) is 25.4. The number of fused-ring (bicyclic) bond motifs is 2. The molecule has 0 saturated heterocycles. The van der Waals surface area contributed by atoms with E-state index in [1.165, 1.54) is 17.6 Å². The zero-order chi connectivity index (χ0) is 57.9. The lowest BCUT2D eigenvalue weighted by molar-refractivity contribution is -0.112. The summed E-state index contributed by atoms with van der Waals surface area (Å²) in [5.74, 6) is 1.44. The van der Waals surface area contributed by atoms with E-state index in [9.17, 15) is 24.9 Å². The van der Waals surface area contributed by atoms with Crippen molar-refractivity contribution in [3.8, 4) is 11.1 Å². The van der Waals surface area contributed by atoms with Gasteiger partial charge in [-0.3, -0.25) is 24.4 Å². The molecule has 4 unspecified atom stereocenters. The number of nitrogens with one attached hydrogen (secondary N) is 2. The number of hydrogen-bond donors (Lipinski definition) is 5. The summed E-state index contributed by atoms with van der Waals surface area (Å²) in [5, 5.41) is 49.6. The van der Waals surface area contributed by atoms with Gasteiger partial charge in [0.15, 0.2) is 0 Å². The Bertz CT molecular complexity index is 4360. The van der Waals surface area contributed by atoms with E-state index in [4.69, 9.17) is 9.98 Å². The number of nitrogens with zero attached hydrogens (tertiary/aromatic N) is 2. The highest BCUT2D eigenvalue weighted by Crippen LogP contribution is 2.55. The molecule has 82 heavy (non-hydrogen) atoms. The number of benzene rings is 4. The number of rotatable bonds is 9. The lowest BCUT2D eigenvalue weighted by atomic mass is 9.72. The second-order valence-corrected chi connectivity index (χ2v) is 25.4. The molecule has 1 fully saturated rings. The molecule has 9 aliphatic rings. The predicted octanol–water partition coefficient (Wildman–Crippen LogP) is 13.8. The van der Waals surface area contributed by atoms with Crippen LogP contribution in [-0.2, 0) is 14.4 Å². The van der Waals surface area contributed by atoms with E-state index < -0.39 is 11.3 Å². The number of Topliss-reactive ketones (excluding diaryl/α,β-unsaturated/α-hetero) is 3. The van der Waals surface area contributed by atoms with Crippen molar-refractivity contribution >= 4 is 78.1 Å². The molecule has 5 N–H and O–H groups in total. The van der Waals surface area contributed by atoms with E-state index >= 15 is 4.79 Å². The van der Waals surface area contributed by atoms with Crippen molar-refractivity contribution in [1.82, 2.24) is 0 Å². The number of hydrogen-bond acceptors (Lipinski definition) is 10. The van der Waals surface area contributed by atoms with E-state index in [-0.39, 0.29) is 62.8 Å². The van der Waals surface area contributed by atoms with Gasteiger partial charge in [-0.1, -0.05) is 141 Å². The number of allylic oxidation sites excluding steroid dienone is 9. The molecule has 2 aliphatic heterocycles. The molecular weight excluding hydrogens is 1020 g/mol. The maximum Gasteiger partial charge on any atom is 0.201 e. The van der Waals surface area contributed by atoms with Gasteiger partial charge < -0.3 is 26.0 Å². The van der Waals surface area contributed by atoms with Crippen LogP contribution in [0.1, 0.15) is 153 Å². The summed E-state index contributed by atoms with van der Waals surface area (Å²) in [6.07, 6.45) is 7.83. The number of aliphatic hydroxyl groups excluding tert-OH is 3. The van der Waals surface area contributed by atoms with Crippen molar-refractivity contribution in [3.63, 3.8) is 0 Å². The van der Waals surface area contributed by atoms with Crippen LogP contribution in [0.5, 0.6) is 0 Å². The van der Waals surface area contributed by atoms with Gasteiger partial charge in [-0.05, 0) is 157 Å². The maximum atomic E-state index is 15.2. The predicted molar refractivity (Wildman–Crippen MR) is 330 cm³/mol. The Hall–Kier alpha value is -7.85. The molecule has 418 valence electrons. The average molecular weight is 1090 g/mol. The van der Waals surface area contributed by atoms with Crippen LogP contribution >= 0.6 is 0 Å². The van der Waals surface area contributed by atoms with Crippen molar-refractivity contribution in [3.05, 3.63) is 167 Å². The fourth-order valence-corrected chi connectivity index (χ4v) is 15.3. The Morgan fingerprint density at radius 1 is 0.573 bits per heavy atom. The van der Waals surface area contributed by atoms with E-state index in [2.05, 4.69) is 90.3 Å². The Labute approximate surface area is 479 Å². The zero-order valence-corrected chi connectivity index (χ0v) is 49.4. The van der Waals surface area contributed by atoms with Crippen LogP contribution in [0.3, 0.4) is 0 Å². The largest absolute Gasteiger partial charge is 0.506 e. The summed E-state index contributed by atoms with van der Waals surface area (Å²) in [5.41, 5.74) is 10.5. The quantitative estimate of drug-likeness (QED) is 0.0895. The van der Waals surface area contributed by atoms with Gasteiger partial charge in [-0.2, -0.15) is 0 Å². The van der Waals surface area contributed by atoms with Crippen molar-refractivity contribution in [2.45, 2.75) is 145 Å². The summed E-state index contributed by atoms with van der Waals surface area (Å²) in [6.45, 7) is 25.8. The first kappa shape index (κ1) is 53.5. The molecular formula is C72H74N4O6. The van der Waals surface area contributed by atoms with Crippen LogP contribution in [-0.4, -0.2) is 44.0 Å². The smallest absolute Gasteiger partial charge is 0.201 e. The fraction of sp³-hybridized carbons (Fsp3) is 0.375. The van der Waals surface area contributed by atoms with Gasteiger partial charge in [0, 0.05) is 32.3 Å². The SMILES string of the molecule is CCC1(CC)N=c2/c(=C3\C(=O)C(c4cc(C)c5cc(C(C)C)ccc(C)c4-5)=C3O)ccc3ccc(C4=C(O)/C(=c5\ccc6ccc(C7=C(O)/C(=C8\C=C(C)C9CC(C(C)C)CCC(C)C89)C7=O)c7c6c5=NC(CC)(CC)N7)C4=O)c(c23)N1. The van der Waals surface area contributed by atoms with Gasteiger partial charge in [0.1, 0.15) is 28.6 Å². The van der Waals surface area contributed by atoms with E-state index in [0.29, 0.717) is 121 Å². The number of carbonyl (C=O) groups is 3. The van der Waals surface area contributed by atoms with E-state index in [0.717, 1.165) is 57.0 Å². The topological polar surface area (TPSA) is 161 Å². The fourth-order valence-electron chi connectivity index (χ4n) is 15.3. The van der Waals surface area contributed by atoms with Crippen LogP contribution in [0.4, 0.5) is 11.4 Å². The lowest BCUT2D eigenvalue weighted by Gasteiger charge is -2.37. The standard InChI is InChI=1S/C72H74N4O6/c1-13-71(14-2)73-61-43(25-21-39-23-27-45(63(75-71)53(39)61)57-67(79)59(68(57)80)49-29-37(11)47-31-41(33(5)6)19-17-35(9)51(47)49)55-65(77)56(66(55)78)44-26-22-40-24-28-46(64-54(40)62(44)74-72(15-3,16-4)76-64)58-69(81)60(70(58)82)50-30-38(12)48-32-42(34(7)8)20-18-36(10)52(48)50/h17,19,21-31,33-34,36,42,48,52,73,76-77,79,81H,13-16,18,20,32H2,1-12H3/b56-44-,57-45-,60-50-. The molecule has 10 nitrogen and oxygen atoms in total. The first-order valence-electron chi connectivity index (χ1n) is 30.1. The van der Waals surface area contributed by atoms with Crippen LogP contribution in [0.15, 0.2) is 123 Å². The van der Waals surface area contributed by atoms with Crippen molar-refractivity contribution in [1.29, 1.82) is 0 Å². The molecule has 4 aromatic carbocycles. The van der Waals surface area contributed by atoms with Crippen LogP contribution < -0.4 is 31.8 Å². The molecule has 0 bridgehead atoms. The first-order valence-corrected chi connectivity index (χ1v) is 30.1. The van der Waals surface area contributed by atoms with Gasteiger partial charge >= 0.3 is 0 Å². The van der Waals surface area contributed by atoms with Gasteiger partial charge in [0.05, 0.1) is 55.5 Å². The lowest BCUT2D eigenvalue weighted by Crippen LogP contribution is -2.46. The molecule has 0 radical (unpaired) electrons. The Morgan fingerprint density at radius 2 is 1.06 bits per heavy atom. The van der Waals surface area contributed by atoms with Gasteiger partial charge in [-0.25, -0.2) is 0 Å². The van der Waals surface area contributed by atoms with Gasteiger partial charge in [-0.15, -0.1) is 0 Å². The zero-order valence-electron chi connectivity index (χ0n) is 49.4. The van der Waals surface area contributed by atoms with E-state index in [1.54, 1.807) is 0 Å². The molecule has 0 spiro atoms. The molecule has 10 heteroatoms. The third kappa shape index (κ3) is 7.40. The number of carbonyl (C=O) groups excluding carboxylic acids is 3. The van der Waals surface area contributed by atoms with Crippen LogP contribution in [0.2, 0.25) is 0 Å². The minimum Gasteiger partial charge on any atom is -0.506 e. The monoisotopic (exact) mass is 1090 g/mol. The highest BCUT2D eigenvalue weighted by molar-refractivity contribution is 6.53. The van der Waals surface area contributed by atoms with Gasteiger partial charge in [0.2, 0.25) is 17.3 Å². The third-order valence-electron chi connectivity index (χ3n) is 20.5. The molecule has 1 saturated carbocycles. The maximum absolute atomic E-state index is 15.2. The molecule has 4 atom stereocenters. The second kappa shape index (κ2) is 18.8. The Kier molecular flexibility index (Phi) is 12.3. The molecule has 0 amide bonds. The van der Waals surface area contributed by atoms with Crippen molar-refractivity contribution in [2.24, 2.45) is 39.6 Å². The highest BCUT2D eigenvalue weighted by Gasteiger charge is 2.48. The molecule has 7 aliphatic carbocycles. The van der Waals surface area contributed by atoms with Crippen LogP contribution in [0, 0.1) is 43.4 Å². The first-order chi connectivity index (χ1) is 39.2.